The number of carbonyl (C=O) groups excluding carboxylic acids is 1. The maximum atomic E-state index is 14.3. The topological polar surface area (TPSA) is 90.1 Å². The first-order valence-electron chi connectivity index (χ1n) is 8.79. The molecule has 1 N–H and O–H groups in total. The van der Waals surface area contributed by atoms with Gasteiger partial charge in [-0.2, -0.15) is 0 Å². The van der Waals surface area contributed by atoms with Gasteiger partial charge in [0.15, 0.2) is 0 Å². The monoisotopic (exact) mass is 424 g/mol. The van der Waals surface area contributed by atoms with Crippen molar-refractivity contribution in [3.05, 3.63) is 83.2 Å². The van der Waals surface area contributed by atoms with Gasteiger partial charge in [-0.25, -0.2) is 9.37 Å². The van der Waals surface area contributed by atoms with E-state index in [0.29, 0.717) is 17.3 Å². The van der Waals surface area contributed by atoms with Crippen LogP contribution in [-0.2, 0) is 0 Å². The molecule has 7 nitrogen and oxygen atoms in total. The molecule has 0 spiro atoms. The van der Waals surface area contributed by atoms with Crippen LogP contribution in [-0.4, -0.2) is 21.0 Å². The number of amides is 1. The van der Waals surface area contributed by atoms with Gasteiger partial charge in [-0.3, -0.25) is 9.78 Å². The molecule has 0 atom stereocenters. The van der Waals surface area contributed by atoms with Gasteiger partial charge in [0.1, 0.15) is 28.6 Å². The second kappa shape index (κ2) is 8.30. The first-order valence-corrected chi connectivity index (χ1v) is 9.16. The number of halogens is 2. The van der Waals surface area contributed by atoms with Crippen LogP contribution in [0.15, 0.2) is 65.6 Å². The van der Waals surface area contributed by atoms with Gasteiger partial charge in [-0.15, -0.1) is 0 Å². The number of carbonyl (C=O) groups is 1. The first kappa shape index (κ1) is 19.5. The summed E-state index contributed by atoms with van der Waals surface area (Å²) in [6, 6.07) is 10.9. The predicted octanol–water partition coefficient (Wildman–Crippen LogP) is 5.28. The number of ether oxygens (including phenoxy) is 1. The number of nitrogens with zero attached hydrogens (tertiary/aromatic N) is 3. The highest BCUT2D eigenvalue weighted by Crippen LogP contribution is 2.34. The standard InChI is InChI=1S/C21H14ClFN4O3/c1-12-18(20(27-30-12)19-15(22)3-2-4-16(19)23)21(28)26-13-5-7-14(8-6-13)29-17-11-24-9-10-25-17/h2-11H,1H3,(H,26,28). The van der Waals surface area contributed by atoms with E-state index >= 15 is 0 Å². The molecule has 2 aromatic carbocycles. The van der Waals surface area contributed by atoms with Crippen LogP contribution in [0, 0.1) is 12.7 Å². The molecule has 0 unspecified atom stereocenters. The van der Waals surface area contributed by atoms with Crippen LogP contribution >= 0.6 is 11.6 Å². The third-order valence-electron chi connectivity index (χ3n) is 4.16. The summed E-state index contributed by atoms with van der Waals surface area (Å²) in [7, 11) is 0. The molecule has 2 heterocycles. The third kappa shape index (κ3) is 3.99. The number of benzene rings is 2. The van der Waals surface area contributed by atoms with Crippen LogP contribution in [0.25, 0.3) is 11.3 Å². The summed E-state index contributed by atoms with van der Waals surface area (Å²) >= 11 is 6.12. The number of hydrogen-bond acceptors (Lipinski definition) is 6. The van der Waals surface area contributed by atoms with Crippen molar-refractivity contribution in [1.82, 2.24) is 15.1 Å². The molecular weight excluding hydrogens is 411 g/mol. The Labute approximate surface area is 175 Å². The molecule has 0 aliphatic rings. The zero-order valence-corrected chi connectivity index (χ0v) is 16.4. The summed E-state index contributed by atoms with van der Waals surface area (Å²) in [5, 5.41) is 6.70. The molecule has 9 heteroatoms. The van der Waals surface area contributed by atoms with E-state index < -0.39 is 11.7 Å². The Morgan fingerprint density at radius 1 is 1.17 bits per heavy atom. The highest BCUT2D eigenvalue weighted by Gasteiger charge is 2.25. The van der Waals surface area contributed by atoms with Crippen LogP contribution < -0.4 is 10.1 Å². The fourth-order valence-corrected chi connectivity index (χ4v) is 3.05. The second-order valence-electron chi connectivity index (χ2n) is 6.18. The maximum Gasteiger partial charge on any atom is 0.261 e. The molecule has 2 aromatic heterocycles. The molecule has 0 saturated carbocycles. The van der Waals surface area contributed by atoms with Crippen molar-refractivity contribution in [2.75, 3.05) is 5.32 Å². The van der Waals surface area contributed by atoms with Crippen molar-refractivity contribution in [1.29, 1.82) is 0 Å². The lowest BCUT2D eigenvalue weighted by Gasteiger charge is -2.08. The van der Waals surface area contributed by atoms with Crippen molar-refractivity contribution in [3.8, 4) is 22.9 Å². The normalized spacial score (nSPS) is 10.6. The largest absolute Gasteiger partial charge is 0.438 e. The highest BCUT2D eigenvalue weighted by molar-refractivity contribution is 6.33. The number of anilines is 1. The van der Waals surface area contributed by atoms with E-state index in [1.807, 2.05) is 0 Å². The lowest BCUT2D eigenvalue weighted by Crippen LogP contribution is -2.13. The molecule has 30 heavy (non-hydrogen) atoms. The van der Waals surface area contributed by atoms with E-state index in [0.717, 1.165) is 0 Å². The van der Waals surface area contributed by atoms with Crippen LogP contribution in [0.3, 0.4) is 0 Å². The maximum absolute atomic E-state index is 14.3. The smallest absolute Gasteiger partial charge is 0.261 e. The Balaban J connectivity index is 1.56. The fourth-order valence-electron chi connectivity index (χ4n) is 2.79. The predicted molar refractivity (Wildman–Crippen MR) is 108 cm³/mol. The van der Waals surface area contributed by atoms with E-state index in [4.69, 9.17) is 20.9 Å². The molecule has 0 fully saturated rings. The lowest BCUT2D eigenvalue weighted by atomic mass is 10.0. The van der Waals surface area contributed by atoms with Crippen molar-refractivity contribution in [2.45, 2.75) is 6.92 Å². The molecule has 1 amide bonds. The quantitative estimate of drug-likeness (QED) is 0.469. The molecule has 0 radical (unpaired) electrons. The summed E-state index contributed by atoms with van der Waals surface area (Å²) in [6.45, 7) is 1.57. The van der Waals surface area contributed by atoms with E-state index in [1.54, 1.807) is 37.4 Å². The zero-order valence-electron chi connectivity index (χ0n) is 15.6. The molecule has 150 valence electrons. The van der Waals surface area contributed by atoms with Crippen molar-refractivity contribution in [3.63, 3.8) is 0 Å². The van der Waals surface area contributed by atoms with Gasteiger partial charge < -0.3 is 14.6 Å². The number of hydrogen-bond donors (Lipinski definition) is 1. The van der Waals surface area contributed by atoms with Gasteiger partial charge >= 0.3 is 0 Å². The average molecular weight is 425 g/mol. The summed E-state index contributed by atoms with van der Waals surface area (Å²) < 4.78 is 25.0. The van der Waals surface area contributed by atoms with Crippen LogP contribution in [0.5, 0.6) is 11.6 Å². The zero-order chi connectivity index (χ0) is 21.1. The van der Waals surface area contributed by atoms with Gasteiger partial charge in [0.05, 0.1) is 16.8 Å². The Hall–Kier alpha value is -3.78. The third-order valence-corrected chi connectivity index (χ3v) is 4.48. The van der Waals surface area contributed by atoms with Crippen molar-refractivity contribution >= 4 is 23.2 Å². The van der Waals surface area contributed by atoms with E-state index in [2.05, 4.69) is 20.4 Å². The molecular formula is C21H14ClFN4O3. The summed E-state index contributed by atoms with van der Waals surface area (Å²) in [5.41, 5.74) is 0.643. The number of nitrogens with one attached hydrogen (secondary N) is 1. The van der Waals surface area contributed by atoms with Crippen molar-refractivity contribution < 1.29 is 18.4 Å². The Bertz CT molecular complexity index is 1180. The minimum absolute atomic E-state index is 0.00823. The molecule has 0 aliphatic heterocycles. The SMILES string of the molecule is Cc1onc(-c2c(F)cccc2Cl)c1C(=O)Nc1ccc(Oc2cnccn2)cc1. The Kier molecular flexibility index (Phi) is 5.40. The fraction of sp³-hybridized carbons (Fsp3) is 0.0476. The molecule has 4 aromatic rings. The first-order chi connectivity index (χ1) is 14.5. The minimum Gasteiger partial charge on any atom is -0.438 e. The minimum atomic E-state index is -0.602. The van der Waals surface area contributed by atoms with E-state index in [1.165, 1.54) is 30.6 Å². The van der Waals surface area contributed by atoms with Gasteiger partial charge in [0.2, 0.25) is 5.88 Å². The highest BCUT2D eigenvalue weighted by atomic mass is 35.5. The molecule has 0 saturated heterocycles. The number of rotatable bonds is 5. The number of aromatic nitrogens is 3. The summed E-state index contributed by atoms with van der Waals surface area (Å²) in [6.07, 6.45) is 4.55. The number of aryl methyl sites for hydroxylation is 1. The average Bonchev–Trinajstić information content (AvgIpc) is 3.11. The second-order valence-corrected chi connectivity index (χ2v) is 6.59. The van der Waals surface area contributed by atoms with Gasteiger partial charge in [-0.05, 0) is 43.3 Å². The van der Waals surface area contributed by atoms with Crippen molar-refractivity contribution in [2.24, 2.45) is 0 Å². The van der Waals surface area contributed by atoms with Gasteiger partial charge in [-0.1, -0.05) is 22.8 Å². The van der Waals surface area contributed by atoms with Gasteiger partial charge in [0, 0.05) is 18.1 Å². The lowest BCUT2D eigenvalue weighted by molar-refractivity contribution is 0.102. The molecule has 0 aliphatic carbocycles. The van der Waals surface area contributed by atoms with Crippen LogP contribution in [0.4, 0.5) is 10.1 Å². The van der Waals surface area contributed by atoms with E-state index in [-0.39, 0.29) is 27.6 Å². The molecule has 4 rings (SSSR count). The summed E-state index contributed by atoms with van der Waals surface area (Å²) in [4.78, 5) is 20.8. The summed E-state index contributed by atoms with van der Waals surface area (Å²) in [5.74, 6) is -0.000253. The van der Waals surface area contributed by atoms with Gasteiger partial charge in [0.25, 0.3) is 5.91 Å². The Morgan fingerprint density at radius 2 is 1.97 bits per heavy atom. The molecule has 0 bridgehead atoms. The Morgan fingerprint density at radius 3 is 2.67 bits per heavy atom. The van der Waals surface area contributed by atoms with E-state index in [9.17, 15) is 9.18 Å². The van der Waals surface area contributed by atoms with Crippen LogP contribution in [0.1, 0.15) is 16.1 Å². The van der Waals surface area contributed by atoms with Crippen LogP contribution in [0.2, 0.25) is 5.02 Å².